The summed E-state index contributed by atoms with van der Waals surface area (Å²) in [5.74, 6) is 0.662. The maximum Gasteiger partial charge on any atom is 0.387 e. The van der Waals surface area contributed by atoms with E-state index in [-0.39, 0.29) is 17.1 Å². The number of hydrogen-bond donors (Lipinski definition) is 1. The van der Waals surface area contributed by atoms with Crippen molar-refractivity contribution >= 4 is 33.7 Å². The third-order valence-electron chi connectivity index (χ3n) is 4.51. The van der Waals surface area contributed by atoms with Gasteiger partial charge in [-0.05, 0) is 55.5 Å². The lowest BCUT2D eigenvalue weighted by atomic mass is 10.2. The van der Waals surface area contributed by atoms with Crippen LogP contribution in [0.1, 0.15) is 35.2 Å². The Kier molecular flexibility index (Phi) is 5.13. The SMILES string of the molecule is CCOc1cc(/C=C/c2nc3sc4c(c3c(=O)[nH]2)CCC4)ccc1OC(F)F. The van der Waals surface area contributed by atoms with Crippen LogP contribution < -0.4 is 15.0 Å². The molecule has 28 heavy (non-hydrogen) atoms. The Morgan fingerprint density at radius 3 is 2.93 bits per heavy atom. The topological polar surface area (TPSA) is 64.2 Å². The van der Waals surface area contributed by atoms with Crippen LogP contribution in [0.3, 0.4) is 0 Å². The van der Waals surface area contributed by atoms with E-state index in [1.165, 1.54) is 10.9 Å². The van der Waals surface area contributed by atoms with Gasteiger partial charge in [0.1, 0.15) is 10.7 Å². The number of nitrogens with zero attached hydrogens (tertiary/aromatic N) is 1. The molecule has 2 aromatic heterocycles. The second kappa shape index (κ2) is 7.71. The van der Waals surface area contributed by atoms with Crippen molar-refractivity contribution in [3.8, 4) is 11.5 Å². The molecule has 0 radical (unpaired) electrons. The molecule has 1 aliphatic carbocycles. The minimum absolute atomic E-state index is 0.0185. The second-order valence-corrected chi connectivity index (χ2v) is 7.42. The molecule has 0 bridgehead atoms. The number of aryl methyl sites for hydroxylation is 2. The van der Waals surface area contributed by atoms with Crippen molar-refractivity contribution in [2.75, 3.05) is 6.61 Å². The Labute approximate surface area is 163 Å². The van der Waals surface area contributed by atoms with Crippen LogP contribution in [0, 0.1) is 0 Å². The lowest BCUT2D eigenvalue weighted by Gasteiger charge is -2.11. The summed E-state index contributed by atoms with van der Waals surface area (Å²) in [6.07, 6.45) is 6.45. The first-order chi connectivity index (χ1) is 13.5. The Bertz CT molecular complexity index is 1100. The monoisotopic (exact) mass is 404 g/mol. The van der Waals surface area contributed by atoms with Gasteiger partial charge in [0.25, 0.3) is 5.56 Å². The molecule has 0 atom stereocenters. The summed E-state index contributed by atoms with van der Waals surface area (Å²) in [4.78, 5) is 21.9. The van der Waals surface area contributed by atoms with Crippen LogP contribution >= 0.6 is 11.3 Å². The summed E-state index contributed by atoms with van der Waals surface area (Å²) in [5.41, 5.74) is 1.72. The maximum atomic E-state index is 12.5. The smallest absolute Gasteiger partial charge is 0.387 e. The standard InChI is InChI=1S/C20H18F2N2O3S/c1-2-26-14-10-11(6-8-13(14)27-20(21)22)7-9-16-23-18(25)17-12-4-3-5-15(12)28-19(17)24-16/h6-10,20H,2-5H2,1H3,(H,23,24,25)/b9-7+. The van der Waals surface area contributed by atoms with Gasteiger partial charge in [-0.2, -0.15) is 8.78 Å². The molecule has 146 valence electrons. The molecule has 8 heteroatoms. The summed E-state index contributed by atoms with van der Waals surface area (Å²) < 4.78 is 34.9. The number of rotatable bonds is 6. The zero-order chi connectivity index (χ0) is 19.7. The predicted octanol–water partition coefficient (Wildman–Crippen LogP) is 4.64. The van der Waals surface area contributed by atoms with Crippen LogP contribution in [0.5, 0.6) is 11.5 Å². The number of alkyl halides is 2. The Morgan fingerprint density at radius 2 is 2.14 bits per heavy atom. The highest BCUT2D eigenvalue weighted by Gasteiger charge is 2.20. The highest BCUT2D eigenvalue weighted by atomic mass is 32.1. The third kappa shape index (κ3) is 3.64. The summed E-state index contributed by atoms with van der Waals surface area (Å²) in [7, 11) is 0. The summed E-state index contributed by atoms with van der Waals surface area (Å²) >= 11 is 1.58. The molecule has 4 rings (SSSR count). The Balaban J connectivity index is 1.63. The zero-order valence-electron chi connectivity index (χ0n) is 15.1. The lowest BCUT2D eigenvalue weighted by Crippen LogP contribution is -2.09. The van der Waals surface area contributed by atoms with Gasteiger partial charge in [-0.1, -0.05) is 12.1 Å². The number of halogens is 2. The van der Waals surface area contributed by atoms with Crippen LogP contribution in [0.15, 0.2) is 23.0 Å². The normalized spacial score (nSPS) is 13.6. The predicted molar refractivity (Wildman–Crippen MR) is 105 cm³/mol. The van der Waals surface area contributed by atoms with Gasteiger partial charge in [-0.15, -0.1) is 11.3 Å². The average molecular weight is 404 g/mol. The zero-order valence-corrected chi connectivity index (χ0v) is 15.9. The van der Waals surface area contributed by atoms with Crippen LogP contribution in [0.2, 0.25) is 0 Å². The van der Waals surface area contributed by atoms with Crippen molar-refractivity contribution in [2.45, 2.75) is 32.8 Å². The molecule has 5 nitrogen and oxygen atoms in total. The highest BCUT2D eigenvalue weighted by Crippen LogP contribution is 2.34. The highest BCUT2D eigenvalue weighted by molar-refractivity contribution is 7.18. The van der Waals surface area contributed by atoms with E-state index in [0.717, 1.165) is 29.7 Å². The fourth-order valence-electron chi connectivity index (χ4n) is 3.36. The van der Waals surface area contributed by atoms with Gasteiger partial charge in [0.15, 0.2) is 11.5 Å². The van der Waals surface area contributed by atoms with Crippen molar-refractivity contribution < 1.29 is 18.3 Å². The number of aromatic amines is 1. The van der Waals surface area contributed by atoms with E-state index in [1.54, 1.807) is 42.5 Å². The minimum atomic E-state index is -2.92. The summed E-state index contributed by atoms with van der Waals surface area (Å²) in [6.45, 7) is -0.841. The van der Waals surface area contributed by atoms with Crippen LogP contribution in [0.25, 0.3) is 22.4 Å². The lowest BCUT2D eigenvalue weighted by molar-refractivity contribution is -0.0514. The van der Waals surface area contributed by atoms with Gasteiger partial charge in [-0.3, -0.25) is 4.79 Å². The van der Waals surface area contributed by atoms with Gasteiger partial charge < -0.3 is 14.5 Å². The van der Waals surface area contributed by atoms with E-state index >= 15 is 0 Å². The number of fused-ring (bicyclic) bond motifs is 3. The van der Waals surface area contributed by atoms with E-state index in [2.05, 4.69) is 14.7 Å². The first-order valence-corrected chi connectivity index (χ1v) is 9.81. The molecule has 0 fully saturated rings. The molecule has 0 amide bonds. The van der Waals surface area contributed by atoms with E-state index in [1.807, 2.05) is 0 Å². The molecule has 2 heterocycles. The Morgan fingerprint density at radius 1 is 1.29 bits per heavy atom. The Hall–Kier alpha value is -2.74. The van der Waals surface area contributed by atoms with Crippen LogP contribution in [-0.4, -0.2) is 23.2 Å². The number of nitrogens with one attached hydrogen (secondary N) is 1. The number of benzene rings is 1. The van der Waals surface area contributed by atoms with Crippen molar-refractivity contribution in [3.63, 3.8) is 0 Å². The molecule has 1 aromatic carbocycles. The summed E-state index contributed by atoms with van der Waals surface area (Å²) in [5, 5.41) is 0.710. The summed E-state index contributed by atoms with van der Waals surface area (Å²) in [6, 6.07) is 4.67. The maximum absolute atomic E-state index is 12.5. The minimum Gasteiger partial charge on any atom is -0.490 e. The number of ether oxygens (including phenoxy) is 2. The number of H-pyrrole nitrogens is 1. The second-order valence-electron chi connectivity index (χ2n) is 6.34. The molecule has 1 N–H and O–H groups in total. The first-order valence-electron chi connectivity index (χ1n) is 8.99. The van der Waals surface area contributed by atoms with Crippen LogP contribution in [0.4, 0.5) is 8.78 Å². The fourth-order valence-corrected chi connectivity index (χ4v) is 4.63. The largest absolute Gasteiger partial charge is 0.490 e. The van der Waals surface area contributed by atoms with Crippen molar-refractivity contribution in [3.05, 3.63) is 50.4 Å². The van der Waals surface area contributed by atoms with E-state index < -0.39 is 6.61 Å². The molecular weight excluding hydrogens is 386 g/mol. The van der Waals surface area contributed by atoms with Gasteiger partial charge in [0.2, 0.25) is 0 Å². The number of hydrogen-bond acceptors (Lipinski definition) is 5. The molecular formula is C20H18F2N2O3S. The van der Waals surface area contributed by atoms with Crippen molar-refractivity contribution in [1.82, 2.24) is 9.97 Å². The average Bonchev–Trinajstić information content (AvgIpc) is 3.22. The first kappa shape index (κ1) is 18.6. The molecule has 0 spiro atoms. The van der Waals surface area contributed by atoms with Crippen LogP contribution in [-0.2, 0) is 12.8 Å². The number of aromatic nitrogens is 2. The molecule has 0 saturated carbocycles. The quantitative estimate of drug-likeness (QED) is 0.650. The van der Waals surface area contributed by atoms with E-state index in [9.17, 15) is 13.6 Å². The molecule has 0 saturated heterocycles. The van der Waals surface area contributed by atoms with Gasteiger partial charge >= 0.3 is 6.61 Å². The van der Waals surface area contributed by atoms with Crippen molar-refractivity contribution in [1.29, 1.82) is 0 Å². The van der Waals surface area contributed by atoms with Gasteiger partial charge in [-0.25, -0.2) is 4.98 Å². The molecule has 1 aliphatic rings. The van der Waals surface area contributed by atoms with Gasteiger partial charge in [0, 0.05) is 4.88 Å². The van der Waals surface area contributed by atoms with E-state index in [4.69, 9.17) is 4.74 Å². The van der Waals surface area contributed by atoms with Crippen molar-refractivity contribution in [2.24, 2.45) is 0 Å². The number of thiophene rings is 1. The van der Waals surface area contributed by atoms with E-state index in [0.29, 0.717) is 23.4 Å². The molecule has 0 aliphatic heterocycles. The third-order valence-corrected chi connectivity index (χ3v) is 5.70. The fraction of sp³-hybridized carbons (Fsp3) is 0.300. The molecule has 0 unspecified atom stereocenters. The molecule has 3 aromatic rings. The van der Waals surface area contributed by atoms with Gasteiger partial charge in [0.05, 0.1) is 12.0 Å².